The minimum absolute atomic E-state index is 0.0811. The number of nitrogens with zero attached hydrogens (tertiary/aromatic N) is 3. The molecule has 0 aliphatic carbocycles. The van der Waals surface area contributed by atoms with Gasteiger partial charge >= 0.3 is 5.97 Å². The van der Waals surface area contributed by atoms with Gasteiger partial charge in [0.15, 0.2) is 0 Å². The lowest BCUT2D eigenvalue weighted by Crippen LogP contribution is -2.48. The molecule has 0 radical (unpaired) electrons. The topological polar surface area (TPSA) is 192 Å². The molecule has 1 aromatic heterocycles. The summed E-state index contributed by atoms with van der Waals surface area (Å²) in [4.78, 5) is 73.5. The van der Waals surface area contributed by atoms with E-state index in [1.165, 1.54) is 0 Å². The standard InChI is InChI=1S/C36H41F2N5O6S.C2H4O2/c1-36(2,3)34(29-16-24(26-17-25(37)10-11-27(26)38)19-41(29)18-23-8-5-4-6-9-23)42(15-7-14-39)33(47)22-50-21-28(35(48)49)40-30(44)20-43-31(45)12-13-32(43)46;1-2(3)4/h4-6,8-13,16-17,19,28,34H,7,14-15,18,20-22,39H2,1-3H3,(H,40,44)(H,48,49);1H3,(H,3,4)/t28-,34-;/m0./s1. The van der Waals surface area contributed by atoms with E-state index in [1.54, 1.807) is 17.2 Å². The third kappa shape index (κ3) is 12.4. The van der Waals surface area contributed by atoms with Crippen LogP contribution >= 0.6 is 11.8 Å². The van der Waals surface area contributed by atoms with Crippen LogP contribution in [-0.2, 0) is 35.3 Å². The van der Waals surface area contributed by atoms with Crippen molar-refractivity contribution < 1.29 is 47.8 Å². The number of amides is 4. The zero-order valence-electron chi connectivity index (χ0n) is 30.5. The minimum Gasteiger partial charge on any atom is -0.481 e. The van der Waals surface area contributed by atoms with Crippen LogP contribution in [0.25, 0.3) is 11.1 Å². The van der Waals surface area contributed by atoms with Crippen molar-refractivity contribution in [3.05, 3.63) is 95.8 Å². The first-order valence-corrected chi connectivity index (χ1v) is 18.1. The fourth-order valence-corrected chi connectivity index (χ4v) is 6.68. The SMILES string of the molecule is CC(=O)O.CC(C)(C)[C@H](c1cc(-c2cc(F)ccc2F)cn1Cc1ccccc1)N(CCCN)C(=O)CSC[C@H](NC(=O)CN1C(=O)C=CC1=O)C(=O)O. The number of imide groups is 1. The number of thioether (sulfide) groups is 1. The number of hydrogen-bond acceptors (Lipinski definition) is 8. The van der Waals surface area contributed by atoms with Gasteiger partial charge in [-0.1, -0.05) is 51.1 Å². The minimum atomic E-state index is -1.40. The van der Waals surface area contributed by atoms with Crippen LogP contribution in [0.15, 0.2) is 72.9 Å². The molecule has 0 saturated carbocycles. The third-order valence-electron chi connectivity index (χ3n) is 8.05. The second-order valence-corrected chi connectivity index (χ2v) is 14.5. The Kier molecular flexibility index (Phi) is 15.7. The second-order valence-electron chi connectivity index (χ2n) is 13.5. The molecule has 1 aliphatic rings. The van der Waals surface area contributed by atoms with Crippen LogP contribution in [0.1, 0.15) is 51.4 Å². The van der Waals surface area contributed by atoms with Gasteiger partial charge in [-0.15, -0.1) is 11.8 Å². The first kappa shape index (κ1) is 43.1. The van der Waals surface area contributed by atoms with E-state index < -0.39 is 65.3 Å². The highest BCUT2D eigenvalue weighted by Gasteiger charge is 2.37. The maximum Gasteiger partial charge on any atom is 0.327 e. The molecule has 4 amide bonds. The van der Waals surface area contributed by atoms with Gasteiger partial charge in [0.25, 0.3) is 17.8 Å². The number of aliphatic carboxylic acids is 2. The fourth-order valence-electron chi connectivity index (χ4n) is 5.76. The van der Waals surface area contributed by atoms with Crippen LogP contribution in [0.4, 0.5) is 8.78 Å². The van der Waals surface area contributed by atoms with E-state index in [0.29, 0.717) is 35.7 Å². The molecule has 16 heteroatoms. The molecule has 290 valence electrons. The van der Waals surface area contributed by atoms with Gasteiger partial charge in [0.05, 0.1) is 11.8 Å². The first-order chi connectivity index (χ1) is 25.4. The Morgan fingerprint density at radius 3 is 2.19 bits per heavy atom. The lowest BCUT2D eigenvalue weighted by atomic mass is 9.83. The van der Waals surface area contributed by atoms with E-state index in [-0.39, 0.29) is 29.5 Å². The van der Waals surface area contributed by atoms with Crippen molar-refractivity contribution in [1.29, 1.82) is 0 Å². The van der Waals surface area contributed by atoms with Gasteiger partial charge in [-0.25, -0.2) is 13.6 Å². The Hall–Kier alpha value is -5.35. The summed E-state index contributed by atoms with van der Waals surface area (Å²) in [5.74, 6) is -6.18. The number of rotatable bonds is 16. The lowest BCUT2D eigenvalue weighted by Gasteiger charge is -2.41. The number of hydrogen-bond donors (Lipinski definition) is 4. The number of nitrogens with one attached hydrogen (secondary N) is 1. The molecule has 2 aromatic carbocycles. The van der Waals surface area contributed by atoms with E-state index in [1.807, 2.05) is 55.7 Å². The molecule has 1 aliphatic heterocycles. The van der Waals surface area contributed by atoms with Crippen LogP contribution in [0.2, 0.25) is 0 Å². The van der Waals surface area contributed by atoms with Gasteiger partial charge in [0.1, 0.15) is 24.2 Å². The quantitative estimate of drug-likeness (QED) is 0.155. The summed E-state index contributed by atoms with van der Waals surface area (Å²) in [7, 11) is 0. The zero-order chi connectivity index (χ0) is 40.2. The molecular formula is C38H45F2N5O8S. The summed E-state index contributed by atoms with van der Waals surface area (Å²) >= 11 is 1.01. The van der Waals surface area contributed by atoms with Crippen molar-refractivity contribution in [2.24, 2.45) is 11.1 Å². The number of carbonyl (C=O) groups excluding carboxylic acids is 4. The Balaban J connectivity index is 0.00000186. The zero-order valence-corrected chi connectivity index (χ0v) is 31.3. The Labute approximate surface area is 316 Å². The lowest BCUT2D eigenvalue weighted by molar-refractivity contribution is -0.143. The molecule has 0 spiro atoms. The summed E-state index contributed by atoms with van der Waals surface area (Å²) in [5, 5.41) is 19.5. The number of benzene rings is 2. The number of carbonyl (C=O) groups is 6. The molecule has 5 N–H and O–H groups in total. The number of nitrogens with two attached hydrogens (primary N) is 1. The highest BCUT2D eigenvalue weighted by Crippen LogP contribution is 2.41. The molecule has 0 bridgehead atoms. The highest BCUT2D eigenvalue weighted by atomic mass is 32.2. The smallest absolute Gasteiger partial charge is 0.327 e. The first-order valence-electron chi connectivity index (χ1n) is 16.9. The second kappa shape index (κ2) is 19.6. The average molecular weight is 770 g/mol. The van der Waals surface area contributed by atoms with E-state index in [4.69, 9.17) is 15.6 Å². The van der Waals surface area contributed by atoms with Crippen molar-refractivity contribution in [2.45, 2.75) is 52.7 Å². The Morgan fingerprint density at radius 1 is 0.981 bits per heavy atom. The maximum atomic E-state index is 15.0. The van der Waals surface area contributed by atoms with Gasteiger partial charge in [-0.3, -0.25) is 28.9 Å². The van der Waals surface area contributed by atoms with Crippen LogP contribution in [0.3, 0.4) is 0 Å². The van der Waals surface area contributed by atoms with Crippen LogP contribution in [0.5, 0.6) is 0 Å². The molecule has 4 rings (SSSR count). The van der Waals surface area contributed by atoms with Gasteiger partial charge in [0.2, 0.25) is 11.8 Å². The predicted molar refractivity (Wildman–Crippen MR) is 199 cm³/mol. The number of aromatic nitrogens is 1. The van der Waals surface area contributed by atoms with Gasteiger partial charge in [-0.05, 0) is 48.2 Å². The van der Waals surface area contributed by atoms with Gasteiger partial charge in [-0.2, -0.15) is 0 Å². The van der Waals surface area contributed by atoms with Gasteiger partial charge in [0, 0.05) is 60.9 Å². The molecule has 2 atom stereocenters. The summed E-state index contributed by atoms with van der Waals surface area (Å²) in [6.07, 6.45) is 4.25. The largest absolute Gasteiger partial charge is 0.481 e. The Morgan fingerprint density at radius 2 is 1.61 bits per heavy atom. The molecule has 0 fully saturated rings. The molecule has 0 unspecified atom stereocenters. The van der Waals surface area contributed by atoms with Crippen molar-refractivity contribution in [1.82, 2.24) is 19.7 Å². The number of halogens is 2. The summed E-state index contributed by atoms with van der Waals surface area (Å²) in [6.45, 7) is 7.30. The van der Waals surface area contributed by atoms with E-state index in [9.17, 15) is 33.5 Å². The maximum absolute atomic E-state index is 15.0. The molecular weight excluding hydrogens is 725 g/mol. The molecule has 3 aromatic rings. The van der Waals surface area contributed by atoms with Crippen molar-refractivity contribution in [3.63, 3.8) is 0 Å². The molecule has 0 saturated heterocycles. The monoisotopic (exact) mass is 769 g/mol. The summed E-state index contributed by atoms with van der Waals surface area (Å²) in [6, 6.07) is 12.6. The molecule has 2 heterocycles. The van der Waals surface area contributed by atoms with Crippen LogP contribution < -0.4 is 11.1 Å². The van der Waals surface area contributed by atoms with Crippen molar-refractivity contribution in [3.8, 4) is 11.1 Å². The molecule has 54 heavy (non-hydrogen) atoms. The normalized spacial score (nSPS) is 13.6. The predicted octanol–water partition coefficient (Wildman–Crippen LogP) is 4.06. The fraction of sp³-hybridized carbons (Fsp3) is 0.368. The van der Waals surface area contributed by atoms with E-state index in [0.717, 1.165) is 54.6 Å². The highest BCUT2D eigenvalue weighted by molar-refractivity contribution is 8.00. The van der Waals surface area contributed by atoms with Crippen molar-refractivity contribution in [2.75, 3.05) is 31.1 Å². The molecule has 13 nitrogen and oxygen atoms in total. The van der Waals surface area contributed by atoms with Crippen molar-refractivity contribution >= 4 is 47.3 Å². The summed E-state index contributed by atoms with van der Waals surface area (Å²) < 4.78 is 31.3. The van der Waals surface area contributed by atoms with Crippen LogP contribution in [0, 0.1) is 17.0 Å². The number of carboxylic acids is 2. The Bertz CT molecular complexity index is 1840. The van der Waals surface area contributed by atoms with Crippen LogP contribution in [-0.4, -0.2) is 97.3 Å². The third-order valence-corrected chi connectivity index (χ3v) is 9.07. The van der Waals surface area contributed by atoms with Gasteiger partial charge < -0.3 is 30.7 Å². The number of carboxylic acid groups (broad SMARTS) is 2. The average Bonchev–Trinajstić information content (AvgIpc) is 3.64. The van der Waals surface area contributed by atoms with E-state index in [2.05, 4.69) is 5.32 Å². The van der Waals surface area contributed by atoms with E-state index >= 15 is 4.39 Å². The summed E-state index contributed by atoms with van der Waals surface area (Å²) in [5.41, 5.74) is 7.47.